The lowest BCUT2D eigenvalue weighted by Crippen LogP contribution is -2.14. The number of hydrogen-bond donors (Lipinski definition) is 3. The van der Waals surface area contributed by atoms with E-state index in [0.29, 0.717) is 0 Å². The molecule has 0 saturated heterocycles. The Morgan fingerprint density at radius 3 is 2.09 bits per heavy atom. The van der Waals surface area contributed by atoms with Gasteiger partial charge in [0.2, 0.25) is 10.0 Å². The molecule has 0 unspecified atom stereocenters. The SMILES string of the molecule is Cc1ccc(S(=O)(=O)Nc2ccc(O)c(NS(C)(=O)=O)c2)cc1. The summed E-state index contributed by atoms with van der Waals surface area (Å²) in [6, 6.07) is 9.99. The van der Waals surface area contributed by atoms with Crippen LogP contribution in [-0.4, -0.2) is 28.2 Å². The Morgan fingerprint density at radius 1 is 0.913 bits per heavy atom. The molecular formula is C14H16N2O5S2. The van der Waals surface area contributed by atoms with E-state index in [1.54, 1.807) is 12.1 Å². The Kier molecular flexibility index (Phi) is 4.53. The third-order valence-electron chi connectivity index (χ3n) is 2.88. The van der Waals surface area contributed by atoms with Crippen molar-refractivity contribution in [1.82, 2.24) is 0 Å². The Bertz CT molecular complexity index is 920. The number of phenolic OH excluding ortho intramolecular Hbond substituents is 1. The zero-order valence-corrected chi connectivity index (χ0v) is 14.1. The van der Waals surface area contributed by atoms with Crippen LogP contribution in [0.25, 0.3) is 0 Å². The number of hydrogen-bond acceptors (Lipinski definition) is 5. The van der Waals surface area contributed by atoms with Gasteiger partial charge in [0.05, 0.1) is 22.5 Å². The normalized spacial score (nSPS) is 11.9. The van der Waals surface area contributed by atoms with Crippen LogP contribution in [0.1, 0.15) is 5.56 Å². The van der Waals surface area contributed by atoms with Gasteiger partial charge in [-0.3, -0.25) is 9.44 Å². The molecule has 0 atom stereocenters. The average molecular weight is 356 g/mol. The quantitative estimate of drug-likeness (QED) is 0.559. The van der Waals surface area contributed by atoms with E-state index in [4.69, 9.17) is 0 Å². The van der Waals surface area contributed by atoms with Gasteiger partial charge in [0, 0.05) is 0 Å². The lowest BCUT2D eigenvalue weighted by atomic mass is 10.2. The predicted molar refractivity (Wildman–Crippen MR) is 88.6 cm³/mol. The van der Waals surface area contributed by atoms with E-state index in [0.717, 1.165) is 11.8 Å². The first kappa shape index (κ1) is 17.1. The third kappa shape index (κ3) is 4.60. The van der Waals surface area contributed by atoms with Crippen molar-refractivity contribution >= 4 is 31.4 Å². The molecule has 2 rings (SSSR count). The van der Waals surface area contributed by atoms with E-state index >= 15 is 0 Å². The zero-order valence-electron chi connectivity index (χ0n) is 12.4. The molecule has 0 aromatic heterocycles. The lowest BCUT2D eigenvalue weighted by molar-refractivity contribution is 0.477. The van der Waals surface area contributed by atoms with Crippen LogP contribution in [0.3, 0.4) is 0 Å². The fourth-order valence-electron chi connectivity index (χ4n) is 1.81. The minimum absolute atomic E-state index is 0.0776. The highest BCUT2D eigenvalue weighted by Crippen LogP contribution is 2.28. The van der Waals surface area contributed by atoms with Crippen molar-refractivity contribution in [3.63, 3.8) is 0 Å². The second-order valence-electron chi connectivity index (χ2n) is 5.02. The molecule has 3 N–H and O–H groups in total. The number of anilines is 2. The molecule has 0 bridgehead atoms. The minimum atomic E-state index is -3.81. The molecule has 23 heavy (non-hydrogen) atoms. The van der Waals surface area contributed by atoms with Gasteiger partial charge in [-0.05, 0) is 37.3 Å². The minimum Gasteiger partial charge on any atom is -0.506 e. The number of nitrogens with one attached hydrogen (secondary N) is 2. The van der Waals surface area contributed by atoms with Gasteiger partial charge in [0.1, 0.15) is 5.75 Å². The zero-order chi connectivity index (χ0) is 17.3. The van der Waals surface area contributed by atoms with E-state index in [1.807, 2.05) is 6.92 Å². The molecule has 0 heterocycles. The van der Waals surface area contributed by atoms with Crippen LogP contribution >= 0.6 is 0 Å². The lowest BCUT2D eigenvalue weighted by Gasteiger charge is -2.11. The van der Waals surface area contributed by atoms with Gasteiger partial charge in [-0.15, -0.1) is 0 Å². The molecule has 0 radical (unpaired) electrons. The molecule has 0 amide bonds. The van der Waals surface area contributed by atoms with Gasteiger partial charge in [-0.1, -0.05) is 17.7 Å². The summed E-state index contributed by atoms with van der Waals surface area (Å²) in [5.41, 5.74) is 0.930. The predicted octanol–water partition coefficient (Wildman–Crippen LogP) is 1.87. The van der Waals surface area contributed by atoms with Crippen LogP contribution in [0.2, 0.25) is 0 Å². The maximum absolute atomic E-state index is 12.3. The summed E-state index contributed by atoms with van der Waals surface area (Å²) in [6.45, 7) is 1.84. The first-order chi connectivity index (χ1) is 10.6. The summed E-state index contributed by atoms with van der Waals surface area (Å²) in [5.74, 6) is -0.311. The molecule has 0 spiro atoms. The molecule has 0 aliphatic heterocycles. The van der Waals surface area contributed by atoms with E-state index in [2.05, 4.69) is 9.44 Å². The molecular weight excluding hydrogens is 340 g/mol. The fraction of sp³-hybridized carbons (Fsp3) is 0.143. The van der Waals surface area contributed by atoms with Crippen LogP contribution < -0.4 is 9.44 Å². The summed E-state index contributed by atoms with van der Waals surface area (Å²) in [4.78, 5) is 0.0776. The van der Waals surface area contributed by atoms with Gasteiger partial charge in [0.15, 0.2) is 0 Å². The molecule has 0 aliphatic carbocycles. The Morgan fingerprint density at radius 2 is 1.52 bits per heavy atom. The summed E-state index contributed by atoms with van der Waals surface area (Å²) in [6.07, 6.45) is 0.926. The van der Waals surface area contributed by atoms with Crippen molar-refractivity contribution in [3.05, 3.63) is 48.0 Å². The molecule has 0 aliphatic rings. The number of phenols is 1. The van der Waals surface area contributed by atoms with Crippen molar-refractivity contribution in [1.29, 1.82) is 0 Å². The number of aromatic hydroxyl groups is 1. The van der Waals surface area contributed by atoms with Crippen LogP contribution in [0, 0.1) is 6.92 Å². The maximum Gasteiger partial charge on any atom is 0.261 e. The van der Waals surface area contributed by atoms with Crippen LogP contribution in [0.4, 0.5) is 11.4 Å². The monoisotopic (exact) mass is 356 g/mol. The summed E-state index contributed by atoms with van der Waals surface area (Å²) in [5, 5.41) is 9.64. The van der Waals surface area contributed by atoms with E-state index in [1.165, 1.54) is 30.3 Å². The fourth-order valence-corrected chi connectivity index (χ4v) is 3.42. The topological polar surface area (TPSA) is 113 Å². The van der Waals surface area contributed by atoms with E-state index in [-0.39, 0.29) is 22.0 Å². The highest BCUT2D eigenvalue weighted by atomic mass is 32.2. The Hall–Kier alpha value is -2.26. The molecule has 7 nitrogen and oxygen atoms in total. The van der Waals surface area contributed by atoms with Crippen molar-refractivity contribution in [2.75, 3.05) is 15.7 Å². The summed E-state index contributed by atoms with van der Waals surface area (Å²) < 4.78 is 51.5. The average Bonchev–Trinajstić information content (AvgIpc) is 2.41. The second-order valence-corrected chi connectivity index (χ2v) is 8.46. The molecule has 0 saturated carbocycles. The Labute approximate surface area is 135 Å². The van der Waals surface area contributed by atoms with Gasteiger partial charge in [-0.25, -0.2) is 16.8 Å². The van der Waals surface area contributed by atoms with Gasteiger partial charge < -0.3 is 5.11 Å². The largest absolute Gasteiger partial charge is 0.506 e. The highest BCUT2D eigenvalue weighted by molar-refractivity contribution is 7.92. The number of rotatable bonds is 5. The summed E-state index contributed by atoms with van der Waals surface area (Å²) >= 11 is 0. The van der Waals surface area contributed by atoms with Gasteiger partial charge in [0.25, 0.3) is 10.0 Å². The molecule has 124 valence electrons. The number of benzene rings is 2. The number of sulfonamides is 2. The molecule has 2 aromatic carbocycles. The van der Waals surface area contributed by atoms with Gasteiger partial charge in [-0.2, -0.15) is 0 Å². The van der Waals surface area contributed by atoms with Crippen molar-refractivity contribution in [2.24, 2.45) is 0 Å². The van der Waals surface area contributed by atoms with Crippen LogP contribution in [0.5, 0.6) is 5.75 Å². The summed E-state index contributed by atoms with van der Waals surface area (Å²) in [7, 11) is -7.42. The van der Waals surface area contributed by atoms with E-state index in [9.17, 15) is 21.9 Å². The van der Waals surface area contributed by atoms with Crippen LogP contribution in [0.15, 0.2) is 47.4 Å². The third-order valence-corrected chi connectivity index (χ3v) is 4.86. The van der Waals surface area contributed by atoms with E-state index < -0.39 is 20.0 Å². The molecule has 0 fully saturated rings. The van der Waals surface area contributed by atoms with Crippen molar-refractivity contribution in [2.45, 2.75) is 11.8 Å². The van der Waals surface area contributed by atoms with Crippen molar-refractivity contribution in [3.8, 4) is 5.75 Å². The molecule has 2 aromatic rings. The smallest absolute Gasteiger partial charge is 0.261 e. The van der Waals surface area contributed by atoms with Crippen LogP contribution in [-0.2, 0) is 20.0 Å². The maximum atomic E-state index is 12.3. The number of aryl methyl sites for hydroxylation is 1. The first-order valence-corrected chi connectivity index (χ1v) is 9.84. The van der Waals surface area contributed by atoms with Crippen molar-refractivity contribution < 1.29 is 21.9 Å². The Balaban J connectivity index is 2.32. The second kappa shape index (κ2) is 6.09. The highest BCUT2D eigenvalue weighted by Gasteiger charge is 2.15. The molecule has 9 heteroatoms. The van der Waals surface area contributed by atoms with Gasteiger partial charge >= 0.3 is 0 Å². The standard InChI is InChI=1S/C14H16N2O5S2/c1-10-3-6-12(7-4-10)23(20,21)15-11-5-8-14(17)13(9-11)16-22(2,18)19/h3-9,15-17H,1-2H3. The first-order valence-electron chi connectivity index (χ1n) is 6.47.